The number of anilines is 2. The van der Waals surface area contributed by atoms with E-state index in [0.717, 1.165) is 68.7 Å². The molecule has 4 aromatic rings. The molecule has 4 heterocycles. The van der Waals surface area contributed by atoms with Crippen molar-refractivity contribution < 1.29 is 17.9 Å². The van der Waals surface area contributed by atoms with Gasteiger partial charge in [0.15, 0.2) is 15.7 Å². The molecule has 1 N–H and O–H groups in total. The Labute approximate surface area is 283 Å². The summed E-state index contributed by atoms with van der Waals surface area (Å²) in [5.41, 5.74) is 3.44. The summed E-state index contributed by atoms with van der Waals surface area (Å²) in [6.07, 6.45) is 4.27. The predicted octanol–water partition coefficient (Wildman–Crippen LogP) is 4.74. The third-order valence-electron chi connectivity index (χ3n) is 9.60. The molecule has 2 aromatic heterocycles. The van der Waals surface area contributed by atoms with Crippen molar-refractivity contribution in [3.05, 3.63) is 71.7 Å². The molecule has 256 valence electrons. The van der Waals surface area contributed by atoms with E-state index in [9.17, 15) is 13.2 Å². The molecule has 0 unspecified atom stereocenters. The van der Waals surface area contributed by atoms with Crippen molar-refractivity contribution in [2.45, 2.75) is 56.2 Å². The number of ether oxygens (including phenoxy) is 1. The summed E-state index contributed by atoms with van der Waals surface area (Å²) in [7, 11) is 0.542. The number of aromatic nitrogens is 3. The monoisotopic (exact) mass is 673 g/mol. The molecule has 0 saturated carbocycles. The lowest BCUT2D eigenvalue weighted by Gasteiger charge is -2.42. The van der Waals surface area contributed by atoms with E-state index in [4.69, 9.17) is 14.7 Å². The van der Waals surface area contributed by atoms with Crippen molar-refractivity contribution in [3.63, 3.8) is 0 Å². The smallest absolute Gasteiger partial charge is 0.253 e. The zero-order valence-corrected chi connectivity index (χ0v) is 29.5. The number of hydrogen-bond donors (Lipinski definition) is 1. The molecular formula is C36H47N7O4S. The number of hydrogen-bond acceptors (Lipinski definition) is 9. The number of para-hydroxylation sites is 1. The number of piperazine rings is 1. The minimum absolute atomic E-state index is 0.0304. The van der Waals surface area contributed by atoms with E-state index in [-0.39, 0.29) is 10.8 Å². The fraction of sp³-hybridized carbons (Fsp3) is 0.472. The minimum Gasteiger partial charge on any atom is -0.494 e. The van der Waals surface area contributed by atoms with E-state index in [0.29, 0.717) is 47.7 Å². The highest BCUT2D eigenvalue weighted by atomic mass is 32.2. The molecule has 0 bridgehead atoms. The molecule has 0 aliphatic carbocycles. The summed E-state index contributed by atoms with van der Waals surface area (Å²) in [5.74, 6) is 1.73. The number of rotatable bonds is 10. The van der Waals surface area contributed by atoms with Gasteiger partial charge < -0.3 is 24.4 Å². The van der Waals surface area contributed by atoms with Crippen molar-refractivity contribution in [1.29, 1.82) is 0 Å². The van der Waals surface area contributed by atoms with Gasteiger partial charge in [-0.05, 0) is 71.0 Å². The Bertz CT molecular complexity index is 1870. The number of piperidine rings is 1. The third-order valence-corrected chi connectivity index (χ3v) is 11.8. The summed E-state index contributed by atoms with van der Waals surface area (Å²) in [5, 5.41) is 2.75. The lowest BCUT2D eigenvalue weighted by atomic mass is 10.0. The van der Waals surface area contributed by atoms with E-state index < -0.39 is 15.1 Å². The van der Waals surface area contributed by atoms with Crippen LogP contribution in [0.15, 0.2) is 59.6 Å². The molecule has 6 rings (SSSR count). The molecule has 0 atom stereocenters. The number of benzene rings is 2. The Morgan fingerprint density at radius 3 is 2.42 bits per heavy atom. The van der Waals surface area contributed by atoms with Gasteiger partial charge in [-0.25, -0.2) is 18.4 Å². The highest BCUT2D eigenvalue weighted by Gasteiger charge is 2.29. The fourth-order valence-corrected chi connectivity index (χ4v) is 7.91. The molecule has 1 amide bonds. The van der Waals surface area contributed by atoms with Gasteiger partial charge in [0.2, 0.25) is 0 Å². The first-order valence-electron chi connectivity index (χ1n) is 16.9. The number of likely N-dealkylation sites (tertiary alicyclic amines) is 1. The fourth-order valence-electron chi connectivity index (χ4n) is 6.70. The molecule has 2 aliphatic rings. The van der Waals surface area contributed by atoms with Crippen molar-refractivity contribution in [1.82, 2.24) is 29.2 Å². The van der Waals surface area contributed by atoms with Gasteiger partial charge in [-0.1, -0.05) is 18.2 Å². The first-order chi connectivity index (χ1) is 23.0. The number of nitrogens with one attached hydrogen (secondary N) is 1. The molecule has 0 spiro atoms. The average molecular weight is 674 g/mol. The van der Waals surface area contributed by atoms with Gasteiger partial charge in [-0.15, -0.1) is 0 Å². The highest BCUT2D eigenvalue weighted by Crippen LogP contribution is 2.32. The number of carbonyl (C=O) groups excluding carboxylic acids is 1. The second-order valence-corrected chi connectivity index (χ2v) is 15.6. The largest absolute Gasteiger partial charge is 0.494 e. The van der Waals surface area contributed by atoms with Crippen LogP contribution in [-0.2, 0) is 23.3 Å². The van der Waals surface area contributed by atoms with E-state index in [2.05, 4.69) is 22.2 Å². The van der Waals surface area contributed by atoms with Gasteiger partial charge in [0.1, 0.15) is 17.1 Å². The number of carbonyl (C=O) groups is 1. The Balaban J connectivity index is 1.23. The maximum atomic E-state index is 13.6. The standard InChI is InChI=1S/C36H47N7O4S/c1-6-47-31-23-27(36(44)43-17-13-28(14-18-43)42-21-19-40(4)20-22-42)12-11-26(31)24-33-37-30-15-16-41(5)34(30)35(39-33)38-29-9-7-8-10-32(29)48(45,46)25(2)3/h7-12,15-16,23,25,28H,6,13-14,17-22,24H2,1-5H3,(H,37,38,39). The number of fused-ring (bicyclic) bond motifs is 1. The maximum absolute atomic E-state index is 13.6. The zero-order chi connectivity index (χ0) is 34.0. The third kappa shape index (κ3) is 7.06. The van der Waals surface area contributed by atoms with Crippen LogP contribution in [0.5, 0.6) is 5.75 Å². The Kier molecular flexibility index (Phi) is 10.0. The van der Waals surface area contributed by atoms with Crippen LogP contribution in [-0.4, -0.2) is 108 Å². The van der Waals surface area contributed by atoms with Crippen molar-refractivity contribution in [2.24, 2.45) is 7.05 Å². The molecule has 48 heavy (non-hydrogen) atoms. The van der Waals surface area contributed by atoms with Crippen LogP contribution < -0.4 is 10.1 Å². The van der Waals surface area contributed by atoms with Gasteiger partial charge >= 0.3 is 0 Å². The summed E-state index contributed by atoms with van der Waals surface area (Å²) >= 11 is 0. The van der Waals surface area contributed by atoms with Crippen LogP contribution in [0.2, 0.25) is 0 Å². The van der Waals surface area contributed by atoms with Gasteiger partial charge in [-0.2, -0.15) is 0 Å². The average Bonchev–Trinajstić information content (AvgIpc) is 3.46. The van der Waals surface area contributed by atoms with Crippen molar-refractivity contribution >= 4 is 38.3 Å². The number of amides is 1. The minimum atomic E-state index is -3.54. The Morgan fingerprint density at radius 2 is 1.71 bits per heavy atom. The zero-order valence-electron chi connectivity index (χ0n) is 28.6. The van der Waals surface area contributed by atoms with E-state index in [1.807, 2.05) is 53.9 Å². The van der Waals surface area contributed by atoms with Crippen LogP contribution >= 0.6 is 0 Å². The molecule has 11 nitrogen and oxygen atoms in total. The van der Waals surface area contributed by atoms with Crippen LogP contribution in [0.4, 0.5) is 11.5 Å². The molecule has 2 aliphatic heterocycles. The number of likely N-dealkylation sites (N-methyl/N-ethyl adjacent to an activating group) is 1. The van der Waals surface area contributed by atoms with Gasteiger partial charge in [0, 0.05) is 76.1 Å². The highest BCUT2D eigenvalue weighted by molar-refractivity contribution is 7.92. The lowest BCUT2D eigenvalue weighted by molar-refractivity contribution is 0.0518. The SMILES string of the molecule is CCOc1cc(C(=O)N2CCC(N3CCN(C)CC3)CC2)ccc1Cc1nc(Nc2ccccc2S(=O)(=O)C(C)C)c2c(ccn2C)n1. The van der Waals surface area contributed by atoms with Gasteiger partial charge in [0.05, 0.1) is 28.0 Å². The summed E-state index contributed by atoms with van der Waals surface area (Å²) in [6.45, 7) is 11.6. The van der Waals surface area contributed by atoms with Crippen LogP contribution in [0.25, 0.3) is 11.0 Å². The van der Waals surface area contributed by atoms with Gasteiger partial charge in [-0.3, -0.25) is 9.69 Å². The number of aryl methyl sites for hydroxylation is 1. The summed E-state index contributed by atoms with van der Waals surface area (Å²) in [4.78, 5) is 30.5. The number of nitrogens with zero attached hydrogens (tertiary/aromatic N) is 6. The van der Waals surface area contributed by atoms with Crippen molar-refractivity contribution in [2.75, 3.05) is 58.2 Å². The van der Waals surface area contributed by atoms with Crippen LogP contribution in [0.1, 0.15) is 55.4 Å². The molecule has 2 aromatic carbocycles. The Morgan fingerprint density at radius 1 is 0.979 bits per heavy atom. The second-order valence-electron chi connectivity index (χ2n) is 13.2. The lowest BCUT2D eigenvalue weighted by Crippen LogP contribution is -2.52. The molecule has 2 fully saturated rings. The Hall–Kier alpha value is -4.00. The first-order valence-corrected chi connectivity index (χ1v) is 18.5. The predicted molar refractivity (Wildman–Crippen MR) is 189 cm³/mol. The van der Waals surface area contributed by atoms with Crippen molar-refractivity contribution in [3.8, 4) is 5.75 Å². The topological polar surface area (TPSA) is 113 Å². The van der Waals surface area contributed by atoms with Crippen LogP contribution in [0, 0.1) is 0 Å². The molecule has 2 saturated heterocycles. The summed E-state index contributed by atoms with van der Waals surface area (Å²) < 4.78 is 34.3. The summed E-state index contributed by atoms with van der Waals surface area (Å²) in [6, 6.07) is 15.0. The van der Waals surface area contributed by atoms with E-state index in [1.54, 1.807) is 38.1 Å². The van der Waals surface area contributed by atoms with Crippen LogP contribution in [0.3, 0.4) is 0 Å². The first kappa shape index (κ1) is 33.9. The normalized spacial score (nSPS) is 16.9. The van der Waals surface area contributed by atoms with Gasteiger partial charge in [0.25, 0.3) is 5.91 Å². The maximum Gasteiger partial charge on any atom is 0.253 e. The number of sulfone groups is 1. The molecule has 12 heteroatoms. The van der Waals surface area contributed by atoms with E-state index in [1.165, 1.54) is 0 Å². The molecular weight excluding hydrogens is 627 g/mol. The quantitative estimate of drug-likeness (QED) is 0.255. The molecule has 0 radical (unpaired) electrons. The second kappa shape index (κ2) is 14.2. The van der Waals surface area contributed by atoms with E-state index >= 15 is 0 Å².